The van der Waals surface area contributed by atoms with Gasteiger partial charge in [0.25, 0.3) is 0 Å². The van der Waals surface area contributed by atoms with Crippen molar-refractivity contribution in [1.82, 2.24) is 0 Å². The number of hydrogen-bond acceptors (Lipinski definition) is 3. The Morgan fingerprint density at radius 2 is 2.44 bits per heavy atom. The quantitative estimate of drug-likeness (QED) is 0.352. The molecule has 3 nitrogen and oxygen atoms in total. The van der Waals surface area contributed by atoms with Crippen molar-refractivity contribution >= 4 is 5.97 Å². The third-order valence-electron chi connectivity index (χ3n) is 0.695. The average Bonchev–Trinajstić information content (AvgIpc) is 1.80. The molecule has 3 heteroatoms. The first-order valence-corrected chi connectivity index (χ1v) is 2.70. The molecule has 52 valence electrons. The van der Waals surface area contributed by atoms with E-state index in [0.29, 0.717) is 13.0 Å². The molecule has 9 heavy (non-hydrogen) atoms. The molecule has 0 fully saturated rings. The molecule has 0 spiro atoms. The summed E-state index contributed by atoms with van der Waals surface area (Å²) in [7, 11) is 0. The van der Waals surface area contributed by atoms with Crippen LogP contribution in [0.4, 0.5) is 0 Å². The fraction of sp³-hybridized carbons (Fsp3) is 0.500. The highest BCUT2D eigenvalue weighted by Gasteiger charge is 1.87. The van der Waals surface area contributed by atoms with Crippen molar-refractivity contribution < 1.29 is 14.6 Å². The first kappa shape index (κ1) is 8.01. The third kappa shape index (κ3) is 7.01. The van der Waals surface area contributed by atoms with Crippen LogP contribution in [-0.4, -0.2) is 17.7 Å². The third-order valence-corrected chi connectivity index (χ3v) is 0.695. The number of aliphatic hydroxyl groups is 1. The van der Waals surface area contributed by atoms with Crippen LogP contribution in [-0.2, 0) is 9.53 Å². The van der Waals surface area contributed by atoms with Gasteiger partial charge in [-0.25, -0.2) is 0 Å². The van der Waals surface area contributed by atoms with Gasteiger partial charge in [0.1, 0.15) is 0 Å². The summed E-state index contributed by atoms with van der Waals surface area (Å²) in [5, 5.41) is 8.11. The Labute approximate surface area is 53.9 Å². The Hall–Kier alpha value is -0.990. The van der Waals surface area contributed by atoms with Crippen LogP contribution in [0, 0.1) is 0 Å². The maximum Gasteiger partial charge on any atom is 0.302 e. The molecule has 1 N–H and O–H groups in total. The zero-order chi connectivity index (χ0) is 7.11. The molecule has 0 unspecified atom stereocenters. The zero-order valence-corrected chi connectivity index (χ0v) is 5.33. The first-order valence-electron chi connectivity index (χ1n) is 2.70. The molecule has 0 atom stereocenters. The Balaban J connectivity index is 3.01. The molecule has 0 aromatic rings. The van der Waals surface area contributed by atoms with Crippen molar-refractivity contribution in [2.75, 3.05) is 6.61 Å². The highest BCUT2D eigenvalue weighted by molar-refractivity contribution is 5.65. The Bertz CT molecular complexity index is 107. The number of esters is 1. The van der Waals surface area contributed by atoms with E-state index >= 15 is 0 Å². The number of carbonyl (C=O) groups is 1. The number of carbonyl (C=O) groups excluding carboxylic acids is 1. The van der Waals surface area contributed by atoms with E-state index in [-0.39, 0.29) is 5.97 Å². The van der Waals surface area contributed by atoms with Crippen molar-refractivity contribution in [2.45, 2.75) is 13.3 Å². The van der Waals surface area contributed by atoms with Crippen molar-refractivity contribution in [2.24, 2.45) is 0 Å². The lowest BCUT2D eigenvalue weighted by atomic mass is 10.4. The maximum atomic E-state index is 10.1. The molecule has 0 rings (SSSR count). The lowest BCUT2D eigenvalue weighted by Gasteiger charge is -1.94. The van der Waals surface area contributed by atoms with E-state index in [1.807, 2.05) is 0 Å². The molecule has 0 aromatic carbocycles. The molecule has 0 saturated carbocycles. The summed E-state index contributed by atoms with van der Waals surface area (Å²) in [6.45, 7) is 1.69. The van der Waals surface area contributed by atoms with Gasteiger partial charge in [0.2, 0.25) is 0 Å². The molecule has 0 saturated heterocycles. The van der Waals surface area contributed by atoms with Gasteiger partial charge in [-0.2, -0.15) is 0 Å². The monoisotopic (exact) mass is 130 g/mol. The molecular weight excluding hydrogens is 120 g/mol. The lowest BCUT2D eigenvalue weighted by Crippen LogP contribution is -1.98. The normalized spacial score (nSPS) is 9.89. The van der Waals surface area contributed by atoms with Crippen LogP contribution in [0.25, 0.3) is 0 Å². The van der Waals surface area contributed by atoms with Gasteiger partial charge in [0.15, 0.2) is 0 Å². The Morgan fingerprint density at radius 1 is 1.78 bits per heavy atom. The van der Waals surface area contributed by atoms with Crippen LogP contribution in [0.3, 0.4) is 0 Å². The van der Waals surface area contributed by atoms with Crippen LogP contribution in [0.1, 0.15) is 13.3 Å². The molecule has 0 amide bonds. The highest BCUT2D eigenvalue weighted by atomic mass is 16.5. The zero-order valence-electron chi connectivity index (χ0n) is 5.33. The molecule has 0 aliphatic rings. The van der Waals surface area contributed by atoms with Gasteiger partial charge in [-0.05, 0) is 6.08 Å². The number of hydrogen-bond donors (Lipinski definition) is 1. The summed E-state index contributed by atoms with van der Waals surface area (Å²) in [6.07, 6.45) is 3.02. The number of aliphatic hydroxyl groups excluding tert-OH is 1. The number of rotatable bonds is 3. The van der Waals surface area contributed by atoms with Crippen molar-refractivity contribution in [3.63, 3.8) is 0 Å². The molecule has 0 radical (unpaired) electrons. The second-order valence-corrected chi connectivity index (χ2v) is 1.51. The summed E-state index contributed by atoms with van der Waals surface area (Å²) in [5.41, 5.74) is 0. The summed E-state index contributed by atoms with van der Waals surface area (Å²) in [4.78, 5) is 10.1. The fourth-order valence-corrected chi connectivity index (χ4v) is 0.345. The van der Waals surface area contributed by atoms with Crippen LogP contribution < -0.4 is 0 Å². The summed E-state index contributed by atoms with van der Waals surface area (Å²) >= 11 is 0. The van der Waals surface area contributed by atoms with E-state index in [4.69, 9.17) is 5.11 Å². The highest BCUT2D eigenvalue weighted by Crippen LogP contribution is 1.83. The predicted molar refractivity (Wildman–Crippen MR) is 33.0 cm³/mol. The first-order chi connectivity index (χ1) is 4.27. The Morgan fingerprint density at radius 3 is 2.89 bits per heavy atom. The SMILES string of the molecule is CC(=O)OCCC=CO. The maximum absolute atomic E-state index is 10.1. The standard InChI is InChI=1S/C6H10O3/c1-6(8)9-5-3-2-4-7/h2,4,7H,3,5H2,1H3. The average molecular weight is 130 g/mol. The van der Waals surface area contributed by atoms with Gasteiger partial charge in [-0.3, -0.25) is 4.79 Å². The molecule has 0 aromatic heterocycles. The molecule has 0 bridgehead atoms. The van der Waals surface area contributed by atoms with Gasteiger partial charge < -0.3 is 9.84 Å². The molecular formula is C6H10O3. The van der Waals surface area contributed by atoms with Crippen LogP contribution in [0.2, 0.25) is 0 Å². The van der Waals surface area contributed by atoms with Gasteiger partial charge in [-0.1, -0.05) is 0 Å². The van der Waals surface area contributed by atoms with Gasteiger partial charge in [0, 0.05) is 13.3 Å². The summed E-state index contributed by atoms with van der Waals surface area (Å²) < 4.78 is 4.54. The van der Waals surface area contributed by atoms with Crippen molar-refractivity contribution in [3.05, 3.63) is 12.3 Å². The minimum absolute atomic E-state index is 0.290. The van der Waals surface area contributed by atoms with Crippen molar-refractivity contribution in [3.8, 4) is 0 Å². The topological polar surface area (TPSA) is 46.5 Å². The van der Waals surface area contributed by atoms with E-state index in [1.165, 1.54) is 13.0 Å². The van der Waals surface area contributed by atoms with Crippen LogP contribution >= 0.6 is 0 Å². The van der Waals surface area contributed by atoms with E-state index in [0.717, 1.165) is 6.26 Å². The minimum atomic E-state index is -0.290. The molecule has 0 aliphatic heterocycles. The Kier molecular flexibility index (Phi) is 4.59. The largest absolute Gasteiger partial charge is 0.516 e. The molecule has 0 aliphatic carbocycles. The molecule has 0 heterocycles. The summed E-state index contributed by atoms with van der Waals surface area (Å²) in [5.74, 6) is -0.290. The predicted octanol–water partition coefficient (Wildman–Crippen LogP) is 1.01. The fourth-order valence-electron chi connectivity index (χ4n) is 0.345. The lowest BCUT2D eigenvalue weighted by molar-refractivity contribution is -0.140. The van der Waals surface area contributed by atoms with Crippen LogP contribution in [0.15, 0.2) is 12.3 Å². The summed E-state index contributed by atoms with van der Waals surface area (Å²) in [6, 6.07) is 0. The van der Waals surface area contributed by atoms with E-state index in [9.17, 15) is 4.79 Å². The van der Waals surface area contributed by atoms with E-state index in [1.54, 1.807) is 0 Å². The van der Waals surface area contributed by atoms with Gasteiger partial charge in [0.05, 0.1) is 12.9 Å². The van der Waals surface area contributed by atoms with E-state index in [2.05, 4.69) is 4.74 Å². The smallest absolute Gasteiger partial charge is 0.302 e. The van der Waals surface area contributed by atoms with Gasteiger partial charge >= 0.3 is 5.97 Å². The second-order valence-electron chi connectivity index (χ2n) is 1.51. The second kappa shape index (κ2) is 5.15. The van der Waals surface area contributed by atoms with Crippen molar-refractivity contribution in [1.29, 1.82) is 0 Å². The van der Waals surface area contributed by atoms with E-state index < -0.39 is 0 Å². The number of ether oxygens (including phenoxy) is 1. The van der Waals surface area contributed by atoms with Gasteiger partial charge in [-0.15, -0.1) is 0 Å². The minimum Gasteiger partial charge on any atom is -0.516 e. The van der Waals surface area contributed by atoms with Crippen LogP contribution in [0.5, 0.6) is 0 Å².